The highest BCUT2D eigenvalue weighted by Crippen LogP contribution is 2.20. The first-order valence-electron chi connectivity index (χ1n) is 8.87. The minimum atomic E-state index is -0.387. The Hall–Kier alpha value is -3.34. The average molecular weight is 362 g/mol. The van der Waals surface area contributed by atoms with E-state index >= 15 is 0 Å². The molecule has 0 atom stereocenters. The van der Waals surface area contributed by atoms with Crippen LogP contribution in [0.3, 0.4) is 0 Å². The van der Waals surface area contributed by atoms with Crippen molar-refractivity contribution in [1.82, 2.24) is 9.78 Å². The molecule has 0 bridgehead atoms. The van der Waals surface area contributed by atoms with Crippen LogP contribution in [-0.2, 0) is 22.7 Å². The summed E-state index contributed by atoms with van der Waals surface area (Å²) in [4.78, 5) is 11.6. The third-order valence-corrected chi connectivity index (χ3v) is 3.85. The van der Waals surface area contributed by atoms with Crippen LogP contribution in [0.1, 0.15) is 23.6 Å². The van der Waals surface area contributed by atoms with Crippen molar-refractivity contribution >= 4 is 12.0 Å². The summed E-state index contributed by atoms with van der Waals surface area (Å²) >= 11 is 0. The minimum absolute atomic E-state index is 0.341. The zero-order chi connectivity index (χ0) is 18.9. The number of benzene rings is 2. The number of esters is 1. The molecule has 5 heteroatoms. The van der Waals surface area contributed by atoms with Gasteiger partial charge in [-0.2, -0.15) is 0 Å². The Morgan fingerprint density at radius 2 is 1.70 bits per heavy atom. The molecule has 0 unspecified atom stereocenters. The van der Waals surface area contributed by atoms with Gasteiger partial charge in [-0.25, -0.2) is 4.79 Å². The van der Waals surface area contributed by atoms with Gasteiger partial charge in [0.25, 0.3) is 0 Å². The highest BCUT2D eigenvalue weighted by Gasteiger charge is 2.10. The van der Waals surface area contributed by atoms with Crippen LogP contribution in [0, 0.1) is 0 Å². The molecule has 0 aliphatic carbocycles. The number of rotatable bonds is 8. The van der Waals surface area contributed by atoms with Crippen molar-refractivity contribution in [2.45, 2.75) is 20.1 Å². The summed E-state index contributed by atoms with van der Waals surface area (Å²) in [6.07, 6.45) is 4.93. The first kappa shape index (κ1) is 18.5. The van der Waals surface area contributed by atoms with Gasteiger partial charge >= 0.3 is 5.97 Å². The first-order chi connectivity index (χ1) is 13.2. The SMILES string of the molecule is CCOC(=O)/C=C/c1cn(Cc2ccccc2)nc1OCc1ccccc1. The van der Waals surface area contributed by atoms with Crippen LogP contribution in [0.25, 0.3) is 6.08 Å². The van der Waals surface area contributed by atoms with Crippen molar-refractivity contribution in [3.8, 4) is 5.88 Å². The van der Waals surface area contributed by atoms with E-state index in [1.807, 2.05) is 66.9 Å². The number of ether oxygens (including phenoxy) is 2. The summed E-state index contributed by atoms with van der Waals surface area (Å²) in [6.45, 7) is 3.14. The predicted octanol–water partition coefficient (Wildman–Crippen LogP) is 4.09. The molecular formula is C22H22N2O3. The number of carbonyl (C=O) groups is 1. The van der Waals surface area contributed by atoms with Gasteiger partial charge in [-0.05, 0) is 24.1 Å². The zero-order valence-corrected chi connectivity index (χ0v) is 15.2. The molecule has 0 N–H and O–H groups in total. The van der Waals surface area contributed by atoms with E-state index in [-0.39, 0.29) is 5.97 Å². The maximum absolute atomic E-state index is 11.6. The second-order valence-electron chi connectivity index (χ2n) is 5.93. The Labute approximate surface area is 158 Å². The van der Waals surface area contributed by atoms with E-state index in [0.717, 1.165) is 16.7 Å². The van der Waals surface area contributed by atoms with E-state index in [0.29, 0.717) is 25.6 Å². The molecule has 2 aromatic carbocycles. The summed E-state index contributed by atoms with van der Waals surface area (Å²) in [6, 6.07) is 19.9. The summed E-state index contributed by atoms with van der Waals surface area (Å²) in [5.41, 5.74) is 2.92. The lowest BCUT2D eigenvalue weighted by molar-refractivity contribution is -0.137. The molecule has 1 aromatic heterocycles. The summed E-state index contributed by atoms with van der Waals surface area (Å²) in [5, 5.41) is 4.54. The normalized spacial score (nSPS) is 10.9. The van der Waals surface area contributed by atoms with Gasteiger partial charge in [0.15, 0.2) is 0 Å². The second-order valence-corrected chi connectivity index (χ2v) is 5.93. The van der Waals surface area contributed by atoms with Crippen LogP contribution < -0.4 is 4.74 Å². The molecule has 0 radical (unpaired) electrons. The van der Waals surface area contributed by atoms with Crippen molar-refractivity contribution < 1.29 is 14.3 Å². The lowest BCUT2D eigenvalue weighted by Crippen LogP contribution is -2.01. The van der Waals surface area contributed by atoms with E-state index in [4.69, 9.17) is 9.47 Å². The highest BCUT2D eigenvalue weighted by atomic mass is 16.5. The molecule has 0 saturated heterocycles. The van der Waals surface area contributed by atoms with Gasteiger partial charge in [-0.3, -0.25) is 4.68 Å². The van der Waals surface area contributed by atoms with Crippen molar-refractivity contribution in [3.05, 3.63) is 89.6 Å². The zero-order valence-electron chi connectivity index (χ0n) is 15.2. The monoisotopic (exact) mass is 362 g/mol. The molecule has 0 spiro atoms. The van der Waals surface area contributed by atoms with Crippen LogP contribution in [0.5, 0.6) is 5.88 Å². The largest absolute Gasteiger partial charge is 0.471 e. The summed E-state index contributed by atoms with van der Waals surface area (Å²) in [5.74, 6) is 0.0950. The van der Waals surface area contributed by atoms with E-state index in [2.05, 4.69) is 5.10 Å². The molecule has 5 nitrogen and oxygen atoms in total. The first-order valence-corrected chi connectivity index (χ1v) is 8.87. The van der Waals surface area contributed by atoms with Crippen molar-refractivity contribution in [2.24, 2.45) is 0 Å². The Bertz CT molecular complexity index is 886. The van der Waals surface area contributed by atoms with Crippen LogP contribution >= 0.6 is 0 Å². The fourth-order valence-electron chi connectivity index (χ4n) is 2.57. The molecule has 0 fully saturated rings. The molecular weight excluding hydrogens is 340 g/mol. The van der Waals surface area contributed by atoms with Crippen molar-refractivity contribution in [1.29, 1.82) is 0 Å². The Balaban J connectivity index is 1.78. The van der Waals surface area contributed by atoms with Crippen LogP contribution in [-0.4, -0.2) is 22.4 Å². The Morgan fingerprint density at radius 1 is 1.04 bits per heavy atom. The average Bonchev–Trinajstić information content (AvgIpc) is 3.08. The minimum Gasteiger partial charge on any atom is -0.471 e. The molecule has 0 aliphatic rings. The van der Waals surface area contributed by atoms with Gasteiger partial charge in [0.2, 0.25) is 5.88 Å². The van der Waals surface area contributed by atoms with E-state index in [9.17, 15) is 4.79 Å². The number of nitrogens with zero attached hydrogens (tertiary/aromatic N) is 2. The third-order valence-electron chi connectivity index (χ3n) is 3.85. The number of hydrogen-bond acceptors (Lipinski definition) is 4. The summed E-state index contributed by atoms with van der Waals surface area (Å²) < 4.78 is 12.6. The van der Waals surface area contributed by atoms with E-state index in [1.54, 1.807) is 17.7 Å². The van der Waals surface area contributed by atoms with Crippen molar-refractivity contribution in [2.75, 3.05) is 6.61 Å². The molecule has 3 rings (SSSR count). The Morgan fingerprint density at radius 3 is 2.37 bits per heavy atom. The van der Waals surface area contributed by atoms with Gasteiger partial charge in [0.1, 0.15) is 6.61 Å². The fraction of sp³-hybridized carbons (Fsp3) is 0.182. The summed E-state index contributed by atoms with van der Waals surface area (Å²) in [7, 11) is 0. The lowest BCUT2D eigenvalue weighted by atomic mass is 10.2. The van der Waals surface area contributed by atoms with Gasteiger partial charge in [-0.15, -0.1) is 5.10 Å². The highest BCUT2D eigenvalue weighted by molar-refractivity contribution is 5.87. The van der Waals surface area contributed by atoms with Crippen LogP contribution in [0.2, 0.25) is 0 Å². The van der Waals surface area contributed by atoms with Gasteiger partial charge < -0.3 is 9.47 Å². The third kappa shape index (κ3) is 5.57. The molecule has 0 amide bonds. The maximum Gasteiger partial charge on any atom is 0.330 e. The number of aromatic nitrogens is 2. The van der Waals surface area contributed by atoms with Gasteiger partial charge in [0.05, 0.1) is 18.7 Å². The topological polar surface area (TPSA) is 53.4 Å². The van der Waals surface area contributed by atoms with Crippen LogP contribution in [0.15, 0.2) is 72.9 Å². The fourth-order valence-corrected chi connectivity index (χ4v) is 2.57. The lowest BCUT2D eigenvalue weighted by Gasteiger charge is -2.04. The Kier molecular flexibility index (Phi) is 6.41. The molecule has 1 heterocycles. The predicted molar refractivity (Wildman–Crippen MR) is 104 cm³/mol. The molecule has 27 heavy (non-hydrogen) atoms. The standard InChI is InChI=1S/C22H22N2O3/c1-2-26-21(25)14-13-20-16-24(15-18-9-5-3-6-10-18)23-22(20)27-17-19-11-7-4-8-12-19/h3-14,16H,2,15,17H2,1H3/b14-13+. The molecule has 3 aromatic rings. The van der Waals surface area contributed by atoms with Gasteiger partial charge in [0, 0.05) is 12.3 Å². The quantitative estimate of drug-likeness (QED) is 0.447. The van der Waals surface area contributed by atoms with Crippen molar-refractivity contribution in [3.63, 3.8) is 0 Å². The number of hydrogen-bond donors (Lipinski definition) is 0. The van der Waals surface area contributed by atoms with E-state index < -0.39 is 0 Å². The van der Waals surface area contributed by atoms with E-state index in [1.165, 1.54) is 6.08 Å². The maximum atomic E-state index is 11.6. The smallest absolute Gasteiger partial charge is 0.330 e. The molecule has 0 saturated carbocycles. The second kappa shape index (κ2) is 9.38. The molecule has 0 aliphatic heterocycles. The van der Waals surface area contributed by atoms with Crippen LogP contribution in [0.4, 0.5) is 0 Å². The molecule has 138 valence electrons. The van der Waals surface area contributed by atoms with Gasteiger partial charge in [-0.1, -0.05) is 60.7 Å². The number of carbonyl (C=O) groups excluding carboxylic acids is 1.